The second-order valence-electron chi connectivity index (χ2n) is 5.63. The molecule has 0 atom stereocenters. The minimum absolute atomic E-state index is 0.126. The first-order valence-corrected chi connectivity index (χ1v) is 7.67. The summed E-state index contributed by atoms with van der Waals surface area (Å²) in [5.74, 6) is 0.572. The number of H-pyrrole nitrogens is 1. The predicted octanol–water partition coefficient (Wildman–Crippen LogP) is 0.381. The molecule has 3 N–H and O–H groups in total. The minimum atomic E-state index is 0.126. The number of carbonyl (C=O) groups is 1. The fourth-order valence-electron chi connectivity index (χ4n) is 2.69. The molecule has 0 spiro atoms. The number of anilines is 1. The van der Waals surface area contributed by atoms with Crippen molar-refractivity contribution >= 4 is 11.9 Å². The van der Waals surface area contributed by atoms with Gasteiger partial charge in [-0.25, -0.2) is 9.67 Å². The number of aromatic amines is 1. The van der Waals surface area contributed by atoms with Gasteiger partial charge in [0.05, 0.1) is 11.4 Å². The molecular weight excluding hydrogens is 282 g/mol. The van der Waals surface area contributed by atoms with E-state index in [-0.39, 0.29) is 12.5 Å². The van der Waals surface area contributed by atoms with Crippen molar-refractivity contribution in [3.8, 4) is 0 Å². The first-order chi connectivity index (χ1) is 10.7. The number of hydrogen-bond acceptors (Lipinski definition) is 5. The van der Waals surface area contributed by atoms with Crippen LogP contribution in [0.4, 0.5) is 5.95 Å². The van der Waals surface area contributed by atoms with Crippen LogP contribution in [0, 0.1) is 0 Å². The van der Waals surface area contributed by atoms with Gasteiger partial charge in [-0.15, -0.1) is 5.10 Å². The van der Waals surface area contributed by atoms with E-state index in [1.807, 2.05) is 17.3 Å². The number of amides is 1. The highest BCUT2D eigenvalue weighted by Crippen LogP contribution is 2.09. The van der Waals surface area contributed by atoms with Crippen LogP contribution < -0.4 is 5.73 Å². The van der Waals surface area contributed by atoms with E-state index in [2.05, 4.69) is 20.3 Å². The highest BCUT2D eigenvalue weighted by molar-refractivity contribution is 5.76. The Bertz CT molecular complexity index is 627. The molecule has 8 heteroatoms. The molecule has 1 aliphatic rings. The summed E-state index contributed by atoms with van der Waals surface area (Å²) in [4.78, 5) is 21.0. The Hall–Kier alpha value is -2.38. The summed E-state index contributed by atoms with van der Waals surface area (Å²) in [5, 5.41) is 8.16. The molecule has 0 aromatic carbocycles. The summed E-state index contributed by atoms with van der Waals surface area (Å²) in [7, 11) is 0. The maximum Gasteiger partial charge on any atom is 0.244 e. The van der Waals surface area contributed by atoms with Crippen molar-refractivity contribution in [1.82, 2.24) is 29.9 Å². The number of carbonyl (C=O) groups excluding carboxylic acids is 1. The maximum atomic E-state index is 12.0. The van der Waals surface area contributed by atoms with Crippen LogP contribution in [0.25, 0.3) is 0 Å². The van der Waals surface area contributed by atoms with Crippen molar-refractivity contribution < 1.29 is 4.79 Å². The van der Waals surface area contributed by atoms with Gasteiger partial charge in [0.1, 0.15) is 6.54 Å². The van der Waals surface area contributed by atoms with Crippen molar-refractivity contribution in [2.45, 2.75) is 38.6 Å². The third-order valence-electron chi connectivity index (χ3n) is 3.86. The molecule has 22 heavy (non-hydrogen) atoms. The highest BCUT2D eigenvalue weighted by Gasteiger charge is 2.18. The van der Waals surface area contributed by atoms with E-state index in [1.54, 1.807) is 4.68 Å². The Balaban J connectivity index is 1.45. The molecule has 0 aliphatic carbocycles. The molecule has 0 saturated carbocycles. The third kappa shape index (κ3) is 3.63. The number of nitrogen functional groups attached to an aromatic ring is 1. The van der Waals surface area contributed by atoms with Crippen molar-refractivity contribution in [2.24, 2.45) is 0 Å². The number of aromatic nitrogens is 5. The number of nitrogens with one attached hydrogen (secondary N) is 1. The molecule has 3 rings (SSSR count). The number of nitrogens with two attached hydrogens (primary N) is 1. The van der Waals surface area contributed by atoms with E-state index in [1.165, 1.54) is 0 Å². The molecule has 0 bridgehead atoms. The minimum Gasteiger partial charge on any atom is -0.369 e. The maximum absolute atomic E-state index is 12.0. The smallest absolute Gasteiger partial charge is 0.244 e. The van der Waals surface area contributed by atoms with Gasteiger partial charge in [-0.2, -0.15) is 0 Å². The van der Waals surface area contributed by atoms with E-state index in [0.717, 1.165) is 56.6 Å². The number of rotatable bonds is 6. The fraction of sp³-hybridized carbons (Fsp3) is 0.571. The van der Waals surface area contributed by atoms with Gasteiger partial charge >= 0.3 is 0 Å². The lowest BCUT2D eigenvalue weighted by atomic mass is 10.2. The summed E-state index contributed by atoms with van der Waals surface area (Å²) in [5.41, 5.74) is 7.39. The number of hydrogen-bond donors (Lipinski definition) is 2. The summed E-state index contributed by atoms with van der Waals surface area (Å²) >= 11 is 0. The van der Waals surface area contributed by atoms with E-state index in [4.69, 9.17) is 5.73 Å². The number of likely N-dealkylation sites (tertiary alicyclic amines) is 1. The van der Waals surface area contributed by atoms with Crippen LogP contribution >= 0.6 is 0 Å². The molecule has 2 aromatic rings. The van der Waals surface area contributed by atoms with Gasteiger partial charge in [0, 0.05) is 25.5 Å². The van der Waals surface area contributed by atoms with Gasteiger partial charge in [0.2, 0.25) is 5.91 Å². The Morgan fingerprint density at radius 2 is 2.05 bits per heavy atom. The molecule has 8 nitrogen and oxygen atoms in total. The van der Waals surface area contributed by atoms with Crippen LogP contribution in [-0.4, -0.2) is 48.9 Å². The van der Waals surface area contributed by atoms with Gasteiger partial charge in [-0.05, 0) is 32.1 Å². The van der Waals surface area contributed by atoms with E-state index in [9.17, 15) is 4.79 Å². The third-order valence-corrected chi connectivity index (χ3v) is 3.86. The first kappa shape index (κ1) is 14.6. The standard InChI is InChI=1S/C14H21N7O/c15-14-16-8-11(17-14)4-3-5-12-9-21(19-18-12)10-13(22)20-6-1-2-7-20/h8-9H,1-7,10H2,(H3,15,16,17). The summed E-state index contributed by atoms with van der Waals surface area (Å²) in [6, 6.07) is 0. The average Bonchev–Trinajstić information content (AvgIpc) is 3.21. The van der Waals surface area contributed by atoms with Crippen LogP contribution in [0.3, 0.4) is 0 Å². The topological polar surface area (TPSA) is 106 Å². The summed E-state index contributed by atoms with van der Waals surface area (Å²) in [6.07, 6.45) is 8.45. The van der Waals surface area contributed by atoms with Crippen LogP contribution in [-0.2, 0) is 24.2 Å². The molecule has 1 aliphatic heterocycles. The second-order valence-corrected chi connectivity index (χ2v) is 5.63. The summed E-state index contributed by atoms with van der Waals surface area (Å²) < 4.78 is 1.63. The van der Waals surface area contributed by atoms with Gasteiger partial charge in [-0.3, -0.25) is 4.79 Å². The fourth-order valence-corrected chi connectivity index (χ4v) is 2.69. The largest absolute Gasteiger partial charge is 0.369 e. The monoisotopic (exact) mass is 303 g/mol. The average molecular weight is 303 g/mol. The normalized spacial score (nSPS) is 14.6. The van der Waals surface area contributed by atoms with Crippen molar-refractivity contribution in [3.05, 3.63) is 23.8 Å². The van der Waals surface area contributed by atoms with Gasteiger partial charge in [-0.1, -0.05) is 5.21 Å². The number of imidazole rings is 1. The molecule has 0 unspecified atom stereocenters. The quantitative estimate of drug-likeness (QED) is 0.802. The second kappa shape index (κ2) is 6.59. The van der Waals surface area contributed by atoms with E-state index >= 15 is 0 Å². The molecule has 3 heterocycles. The van der Waals surface area contributed by atoms with Crippen LogP contribution in [0.15, 0.2) is 12.4 Å². The zero-order chi connectivity index (χ0) is 15.4. The predicted molar refractivity (Wildman–Crippen MR) is 80.9 cm³/mol. The molecule has 1 amide bonds. The zero-order valence-corrected chi connectivity index (χ0v) is 12.5. The Kier molecular flexibility index (Phi) is 4.36. The Morgan fingerprint density at radius 3 is 2.77 bits per heavy atom. The Morgan fingerprint density at radius 1 is 1.27 bits per heavy atom. The number of nitrogens with zero attached hydrogens (tertiary/aromatic N) is 5. The van der Waals surface area contributed by atoms with Crippen LogP contribution in [0.2, 0.25) is 0 Å². The van der Waals surface area contributed by atoms with E-state index in [0.29, 0.717) is 5.95 Å². The Labute approximate surface area is 128 Å². The summed E-state index contributed by atoms with van der Waals surface area (Å²) in [6.45, 7) is 2.02. The van der Waals surface area contributed by atoms with Crippen molar-refractivity contribution in [3.63, 3.8) is 0 Å². The van der Waals surface area contributed by atoms with Crippen molar-refractivity contribution in [1.29, 1.82) is 0 Å². The molecule has 1 fully saturated rings. The molecule has 118 valence electrons. The zero-order valence-electron chi connectivity index (χ0n) is 12.5. The lowest BCUT2D eigenvalue weighted by Gasteiger charge is -2.14. The first-order valence-electron chi connectivity index (χ1n) is 7.67. The van der Waals surface area contributed by atoms with Gasteiger partial charge in [0.25, 0.3) is 0 Å². The van der Waals surface area contributed by atoms with Gasteiger partial charge in [0.15, 0.2) is 5.95 Å². The van der Waals surface area contributed by atoms with Crippen molar-refractivity contribution in [2.75, 3.05) is 18.8 Å². The van der Waals surface area contributed by atoms with Crippen LogP contribution in [0.1, 0.15) is 30.7 Å². The highest BCUT2D eigenvalue weighted by atomic mass is 16.2. The lowest BCUT2D eigenvalue weighted by Crippen LogP contribution is -2.31. The molecule has 0 radical (unpaired) electrons. The molecule has 2 aromatic heterocycles. The number of aryl methyl sites for hydroxylation is 2. The van der Waals surface area contributed by atoms with Gasteiger partial charge < -0.3 is 15.6 Å². The van der Waals surface area contributed by atoms with E-state index < -0.39 is 0 Å². The molecular formula is C14H21N7O. The SMILES string of the molecule is Nc1nc(CCCc2cn(CC(=O)N3CCCC3)nn2)c[nH]1. The van der Waals surface area contributed by atoms with Crippen LogP contribution in [0.5, 0.6) is 0 Å². The lowest BCUT2D eigenvalue weighted by molar-refractivity contribution is -0.130. The molecule has 1 saturated heterocycles.